The number of hydrogen-bond donors (Lipinski definition) is 1. The van der Waals surface area contributed by atoms with Crippen molar-refractivity contribution in [1.82, 2.24) is 15.3 Å². The number of alkyl halides is 7. The fourth-order valence-corrected chi connectivity index (χ4v) is 4.02. The van der Waals surface area contributed by atoms with E-state index in [9.17, 15) is 35.9 Å². The number of halogens is 7. The Hall–Kier alpha value is -3.03. The minimum absolute atomic E-state index is 0.00456. The first-order valence-corrected chi connectivity index (χ1v) is 11.1. The summed E-state index contributed by atoms with van der Waals surface area (Å²) in [6.07, 6.45) is -2.47. The Morgan fingerprint density at radius 1 is 1.14 bits per heavy atom. The highest BCUT2D eigenvalue weighted by Gasteiger charge is 2.48. The third-order valence-electron chi connectivity index (χ3n) is 5.80. The molecule has 0 bridgehead atoms. The third kappa shape index (κ3) is 6.39. The molecule has 1 aliphatic carbocycles. The van der Waals surface area contributed by atoms with Gasteiger partial charge in [0.05, 0.1) is 0 Å². The summed E-state index contributed by atoms with van der Waals surface area (Å²) in [4.78, 5) is 34.9. The fraction of sp³-hybridized carbons (Fsp3) is 0.429. The topological polar surface area (TPSA) is 84.4 Å². The minimum atomic E-state index is -4.98. The summed E-state index contributed by atoms with van der Waals surface area (Å²) >= 11 is 5.44. The Morgan fingerprint density at radius 3 is 2.19 bits per heavy atom. The van der Waals surface area contributed by atoms with Crippen molar-refractivity contribution in [2.24, 2.45) is 0 Å². The first-order valence-electron chi connectivity index (χ1n) is 10.7. The number of benzene rings is 1. The smallest absolute Gasteiger partial charge is 0.406 e. The number of rotatable bonds is 7. The zero-order valence-electron chi connectivity index (χ0n) is 18.7. The van der Waals surface area contributed by atoms with Gasteiger partial charge in [-0.1, -0.05) is 11.6 Å². The molecule has 36 heavy (non-hydrogen) atoms. The molecule has 194 valence electrons. The second-order valence-corrected chi connectivity index (χ2v) is 8.70. The summed E-state index contributed by atoms with van der Waals surface area (Å²) in [5.41, 5.74) is -4.91. The molecule has 0 aliphatic heterocycles. The van der Waals surface area contributed by atoms with Crippen molar-refractivity contribution in [3.05, 3.63) is 48.5 Å². The van der Waals surface area contributed by atoms with Gasteiger partial charge in [0, 0.05) is 42.5 Å². The normalized spacial score (nSPS) is 18.5. The molecule has 0 spiro atoms. The predicted molar refractivity (Wildman–Crippen MR) is 119 cm³/mol. The maximum Gasteiger partial charge on any atom is 0.573 e. The van der Waals surface area contributed by atoms with Gasteiger partial charge < -0.3 is 10.1 Å². The highest BCUT2D eigenvalue weighted by Crippen LogP contribution is 2.36. The van der Waals surface area contributed by atoms with E-state index < -0.39 is 59.8 Å². The molecule has 2 amide bonds. The van der Waals surface area contributed by atoms with Crippen molar-refractivity contribution < 1.29 is 40.7 Å². The maximum absolute atomic E-state index is 14.1. The zero-order chi connectivity index (χ0) is 26.7. The molecule has 1 saturated carbocycles. The van der Waals surface area contributed by atoms with E-state index in [0.717, 1.165) is 30.6 Å². The van der Waals surface area contributed by atoms with Crippen molar-refractivity contribution in [3.8, 4) is 5.75 Å². The molecule has 1 aromatic carbocycles. The van der Waals surface area contributed by atoms with Crippen molar-refractivity contribution in [3.63, 3.8) is 0 Å². The Balaban J connectivity index is 2.04. The largest absolute Gasteiger partial charge is 0.573 e. The molecular weight excluding hydrogens is 517 g/mol. The van der Waals surface area contributed by atoms with Gasteiger partial charge in [0.25, 0.3) is 11.5 Å². The lowest BCUT2D eigenvalue weighted by Gasteiger charge is -2.42. The molecule has 3 rings (SSSR count). The quantitative estimate of drug-likeness (QED) is 0.333. The number of amides is 2. The van der Waals surface area contributed by atoms with Crippen LogP contribution in [-0.2, 0) is 15.0 Å². The van der Waals surface area contributed by atoms with Gasteiger partial charge in [0.15, 0.2) is 7.85 Å². The molecule has 0 saturated heterocycles. The molecule has 2 aromatic rings. The Labute approximate surface area is 207 Å². The number of nitrogens with one attached hydrogen (secondary N) is 1. The average molecular weight is 537 g/mol. The number of carbonyl (C=O) groups excluding carboxylic acids is 2. The second-order valence-electron chi connectivity index (χ2n) is 8.32. The molecule has 2 atom stereocenters. The number of anilines is 1. The van der Waals surface area contributed by atoms with Crippen LogP contribution in [0.4, 0.5) is 32.0 Å². The van der Waals surface area contributed by atoms with Crippen LogP contribution >= 0.6 is 11.6 Å². The summed E-state index contributed by atoms with van der Waals surface area (Å²) in [5.74, 6) is -5.77. The number of aromatic nitrogens is 2. The van der Waals surface area contributed by atoms with Crippen LogP contribution in [0.5, 0.6) is 5.75 Å². The molecule has 1 aliphatic rings. The molecule has 1 N–H and O–H groups in total. The zero-order valence-corrected chi connectivity index (χ0v) is 19.5. The van der Waals surface area contributed by atoms with Gasteiger partial charge in [-0.05, 0) is 37.1 Å². The Kier molecular flexibility index (Phi) is 8.06. The molecule has 7 nitrogen and oxygen atoms in total. The summed E-state index contributed by atoms with van der Waals surface area (Å²) < 4.78 is 82.8. The standard InChI is InChI=1S/C21H20BClF6N4O3/c22-20(12-9-30-11-31-10-12,18(35)32-13-5-7-19(25,26)8-6-13)33(17(34)16(23)24)14-1-3-15(4-2-14)36-21(27,28)29/h1-4,9-11,13,16H,5-8,22H2,(H,32,35)/t16-,20+/m0/s1. The minimum Gasteiger partial charge on any atom is -0.406 e. The van der Waals surface area contributed by atoms with E-state index in [-0.39, 0.29) is 24.1 Å². The first-order chi connectivity index (χ1) is 16.7. The lowest BCUT2D eigenvalue weighted by Crippen LogP contribution is -2.62. The van der Waals surface area contributed by atoms with Gasteiger partial charge in [-0.15, -0.1) is 13.2 Å². The first kappa shape index (κ1) is 27.6. The van der Waals surface area contributed by atoms with Gasteiger partial charge in [-0.3, -0.25) is 14.5 Å². The van der Waals surface area contributed by atoms with Crippen LogP contribution in [0.2, 0.25) is 0 Å². The molecule has 0 unspecified atom stereocenters. The Bertz CT molecular complexity index is 1070. The fourth-order valence-electron chi connectivity index (χ4n) is 3.92. The second kappa shape index (κ2) is 10.5. The van der Waals surface area contributed by atoms with E-state index in [2.05, 4.69) is 20.0 Å². The van der Waals surface area contributed by atoms with Crippen molar-refractivity contribution in [2.45, 2.75) is 55.1 Å². The summed E-state index contributed by atoms with van der Waals surface area (Å²) in [7, 11) is 1.23. The van der Waals surface area contributed by atoms with E-state index in [1.807, 2.05) is 0 Å². The highest BCUT2D eigenvalue weighted by molar-refractivity contribution is 6.37. The summed E-state index contributed by atoms with van der Waals surface area (Å²) in [6.45, 7) is 0. The Morgan fingerprint density at radius 2 is 1.69 bits per heavy atom. The van der Waals surface area contributed by atoms with Crippen LogP contribution in [0.3, 0.4) is 0 Å². The molecule has 1 fully saturated rings. The van der Waals surface area contributed by atoms with Crippen LogP contribution in [-0.4, -0.2) is 53.6 Å². The van der Waals surface area contributed by atoms with Crippen LogP contribution in [0.15, 0.2) is 43.0 Å². The lowest BCUT2D eigenvalue weighted by molar-refractivity contribution is -0.274. The summed E-state index contributed by atoms with van der Waals surface area (Å²) in [6, 6.07) is 3.09. The van der Waals surface area contributed by atoms with Crippen molar-refractivity contribution >= 4 is 36.9 Å². The van der Waals surface area contributed by atoms with Crippen LogP contribution in [0.1, 0.15) is 31.2 Å². The molecule has 1 aromatic heterocycles. The van der Waals surface area contributed by atoms with Crippen LogP contribution in [0, 0.1) is 0 Å². The van der Waals surface area contributed by atoms with E-state index in [4.69, 9.17) is 11.6 Å². The number of carbonyl (C=O) groups is 2. The molecular formula is C21H20BClF6N4O3. The predicted octanol–water partition coefficient (Wildman–Crippen LogP) is 3.42. The van der Waals surface area contributed by atoms with Crippen LogP contribution < -0.4 is 15.0 Å². The number of ether oxygens (including phenoxy) is 1. The van der Waals surface area contributed by atoms with Gasteiger partial charge in [0.1, 0.15) is 17.5 Å². The maximum atomic E-state index is 14.1. The van der Waals surface area contributed by atoms with Gasteiger partial charge in [-0.25, -0.2) is 23.1 Å². The monoisotopic (exact) mass is 536 g/mol. The van der Waals surface area contributed by atoms with E-state index in [0.29, 0.717) is 4.90 Å². The molecule has 1 heterocycles. The van der Waals surface area contributed by atoms with Gasteiger partial charge >= 0.3 is 6.36 Å². The highest BCUT2D eigenvalue weighted by atomic mass is 35.5. The number of nitrogens with zero attached hydrogens (tertiary/aromatic N) is 3. The average Bonchev–Trinajstić information content (AvgIpc) is 2.81. The molecule has 15 heteroatoms. The summed E-state index contributed by atoms with van der Waals surface area (Å²) in [5, 5.41) is 2.62. The number of hydrogen-bond acceptors (Lipinski definition) is 5. The van der Waals surface area contributed by atoms with E-state index in [1.165, 1.54) is 20.2 Å². The van der Waals surface area contributed by atoms with Gasteiger partial charge in [-0.2, -0.15) is 0 Å². The lowest BCUT2D eigenvalue weighted by atomic mass is 9.69. The SMILES string of the molecule is B[C@](C(=O)NC1CCC(F)(F)CC1)(c1cncnc1)N(C(=O)[C@H](F)Cl)c1ccc(OC(F)(F)F)cc1. The van der Waals surface area contributed by atoms with Gasteiger partial charge in [0.2, 0.25) is 11.8 Å². The molecule has 0 radical (unpaired) electrons. The van der Waals surface area contributed by atoms with Crippen molar-refractivity contribution in [2.75, 3.05) is 4.90 Å². The van der Waals surface area contributed by atoms with E-state index >= 15 is 0 Å². The van der Waals surface area contributed by atoms with Crippen molar-refractivity contribution in [1.29, 1.82) is 0 Å². The van der Waals surface area contributed by atoms with Crippen LogP contribution in [0.25, 0.3) is 0 Å². The van der Waals surface area contributed by atoms with E-state index in [1.54, 1.807) is 0 Å². The third-order valence-corrected chi connectivity index (χ3v) is 5.99.